The summed E-state index contributed by atoms with van der Waals surface area (Å²) in [5.74, 6) is 0.823. The number of carbonyl (C=O) groups excluding carboxylic acids is 1. The van der Waals surface area contributed by atoms with Gasteiger partial charge in [0.25, 0.3) is 0 Å². The summed E-state index contributed by atoms with van der Waals surface area (Å²) in [7, 11) is 3.89. The molecule has 0 aliphatic carbocycles. The van der Waals surface area contributed by atoms with Crippen molar-refractivity contribution in [1.29, 1.82) is 0 Å². The topological polar surface area (TPSA) is 92.3 Å². The van der Waals surface area contributed by atoms with E-state index in [1.165, 1.54) is 4.80 Å². The van der Waals surface area contributed by atoms with Gasteiger partial charge in [0.1, 0.15) is 23.4 Å². The molecular formula is C18H23N7O2. The summed E-state index contributed by atoms with van der Waals surface area (Å²) in [5, 5.41) is 19.1. The summed E-state index contributed by atoms with van der Waals surface area (Å²) in [6.45, 7) is 1.47. The highest BCUT2D eigenvalue weighted by Crippen LogP contribution is 2.18. The van der Waals surface area contributed by atoms with Crippen LogP contribution in [0.15, 0.2) is 36.7 Å². The van der Waals surface area contributed by atoms with Gasteiger partial charge in [-0.25, -0.2) is 4.98 Å². The van der Waals surface area contributed by atoms with Gasteiger partial charge in [-0.3, -0.25) is 9.69 Å². The number of rotatable bonds is 5. The zero-order valence-corrected chi connectivity index (χ0v) is 15.4. The number of likely N-dealkylation sites (tertiary alicyclic amines) is 1. The second-order valence-corrected chi connectivity index (χ2v) is 7.02. The highest BCUT2D eigenvalue weighted by atomic mass is 16.3. The van der Waals surface area contributed by atoms with Gasteiger partial charge in [0.05, 0.1) is 18.7 Å². The molecule has 0 spiro atoms. The summed E-state index contributed by atoms with van der Waals surface area (Å²) in [5.41, 5.74) is 1.53. The molecule has 2 atom stereocenters. The minimum absolute atomic E-state index is 0.0667. The number of aliphatic hydroxyl groups is 1. The van der Waals surface area contributed by atoms with Crippen LogP contribution in [0.3, 0.4) is 0 Å². The van der Waals surface area contributed by atoms with Crippen molar-refractivity contribution in [2.45, 2.75) is 25.2 Å². The standard InChI is InChI=1S/C18H23N7O2/c1-22-8-7-19-17(22)11-23(2)15-9-24(10-16(15)26)18(27)12-25-20-13-5-3-4-6-14(13)21-25/h3-8,15-16,26H,9-12H2,1-2H3/t15-,16-/m1/s1. The zero-order valence-electron chi connectivity index (χ0n) is 15.4. The Balaban J connectivity index is 1.39. The maximum Gasteiger partial charge on any atom is 0.246 e. The Morgan fingerprint density at radius 2 is 1.96 bits per heavy atom. The van der Waals surface area contributed by atoms with Gasteiger partial charge in [-0.05, 0) is 19.2 Å². The number of aromatic nitrogens is 5. The van der Waals surface area contributed by atoms with Crippen LogP contribution in [-0.4, -0.2) is 77.6 Å². The van der Waals surface area contributed by atoms with Gasteiger partial charge < -0.3 is 14.6 Å². The highest BCUT2D eigenvalue weighted by Gasteiger charge is 2.36. The molecule has 1 N–H and O–H groups in total. The summed E-state index contributed by atoms with van der Waals surface area (Å²) >= 11 is 0. The molecule has 1 amide bonds. The fraction of sp³-hybridized carbons (Fsp3) is 0.444. The lowest BCUT2D eigenvalue weighted by Gasteiger charge is -2.26. The smallest absolute Gasteiger partial charge is 0.246 e. The normalized spacial score (nSPS) is 20.1. The van der Waals surface area contributed by atoms with Gasteiger partial charge in [0.2, 0.25) is 5.91 Å². The van der Waals surface area contributed by atoms with E-state index in [-0.39, 0.29) is 18.5 Å². The Morgan fingerprint density at radius 1 is 1.26 bits per heavy atom. The van der Waals surface area contributed by atoms with E-state index in [4.69, 9.17) is 0 Å². The fourth-order valence-electron chi connectivity index (χ4n) is 3.49. The maximum atomic E-state index is 12.7. The summed E-state index contributed by atoms with van der Waals surface area (Å²) in [6, 6.07) is 7.39. The predicted molar refractivity (Wildman–Crippen MR) is 98.6 cm³/mol. The van der Waals surface area contributed by atoms with Crippen LogP contribution in [0, 0.1) is 0 Å². The molecule has 0 saturated carbocycles. The second-order valence-electron chi connectivity index (χ2n) is 7.02. The Kier molecular flexibility index (Phi) is 4.63. The first-order valence-electron chi connectivity index (χ1n) is 8.93. The van der Waals surface area contributed by atoms with Gasteiger partial charge in [-0.1, -0.05) is 12.1 Å². The van der Waals surface area contributed by atoms with Crippen LogP contribution < -0.4 is 0 Å². The average molecular weight is 369 g/mol. The molecular weight excluding hydrogens is 346 g/mol. The van der Waals surface area contributed by atoms with Crippen molar-refractivity contribution in [2.75, 3.05) is 20.1 Å². The van der Waals surface area contributed by atoms with Crippen molar-refractivity contribution in [3.05, 3.63) is 42.5 Å². The van der Waals surface area contributed by atoms with Gasteiger partial charge >= 0.3 is 0 Å². The lowest BCUT2D eigenvalue weighted by molar-refractivity contribution is -0.131. The molecule has 0 unspecified atom stereocenters. The second kappa shape index (κ2) is 7.09. The van der Waals surface area contributed by atoms with Crippen molar-refractivity contribution >= 4 is 16.9 Å². The number of aryl methyl sites for hydroxylation is 1. The summed E-state index contributed by atoms with van der Waals surface area (Å²) < 4.78 is 1.95. The molecule has 1 aliphatic heterocycles. The predicted octanol–water partition coefficient (Wildman–Crippen LogP) is -0.131. The third kappa shape index (κ3) is 3.56. The van der Waals surface area contributed by atoms with E-state index in [1.54, 1.807) is 11.1 Å². The highest BCUT2D eigenvalue weighted by molar-refractivity contribution is 5.77. The van der Waals surface area contributed by atoms with Crippen LogP contribution >= 0.6 is 0 Å². The minimum atomic E-state index is -0.594. The number of imidazole rings is 1. The zero-order chi connectivity index (χ0) is 19.0. The van der Waals surface area contributed by atoms with E-state index >= 15 is 0 Å². The maximum absolute atomic E-state index is 12.7. The van der Waals surface area contributed by atoms with Crippen LogP contribution in [0.5, 0.6) is 0 Å². The van der Waals surface area contributed by atoms with E-state index in [1.807, 2.05) is 54.0 Å². The van der Waals surface area contributed by atoms with Gasteiger partial charge in [0.15, 0.2) is 0 Å². The van der Waals surface area contributed by atoms with Crippen LogP contribution in [-0.2, 0) is 24.9 Å². The third-order valence-corrected chi connectivity index (χ3v) is 5.09. The number of benzene rings is 1. The SMILES string of the molecule is CN(Cc1nccn1C)[C@@H]1CN(C(=O)Cn2nc3ccccc3n2)C[C@H]1O. The quantitative estimate of drug-likeness (QED) is 0.674. The molecule has 9 heteroatoms. The summed E-state index contributed by atoms with van der Waals surface area (Å²) in [6.07, 6.45) is 3.06. The molecule has 2 aromatic heterocycles. The van der Waals surface area contributed by atoms with Crippen LogP contribution in [0.1, 0.15) is 5.82 Å². The lowest BCUT2D eigenvalue weighted by Crippen LogP contribution is -2.41. The number of carbonyl (C=O) groups is 1. The Labute approximate surface area is 156 Å². The molecule has 9 nitrogen and oxygen atoms in total. The van der Waals surface area contributed by atoms with Crippen molar-refractivity contribution in [2.24, 2.45) is 7.05 Å². The molecule has 3 heterocycles. The Bertz CT molecular complexity index is 917. The number of nitrogens with zero attached hydrogens (tertiary/aromatic N) is 7. The fourth-order valence-corrected chi connectivity index (χ4v) is 3.49. The molecule has 1 aliphatic rings. The largest absolute Gasteiger partial charge is 0.390 e. The van der Waals surface area contributed by atoms with Crippen LogP contribution in [0.2, 0.25) is 0 Å². The lowest BCUT2D eigenvalue weighted by atomic mass is 10.2. The molecule has 1 fully saturated rings. The van der Waals surface area contributed by atoms with E-state index in [2.05, 4.69) is 15.2 Å². The first-order valence-corrected chi connectivity index (χ1v) is 8.93. The van der Waals surface area contributed by atoms with Gasteiger partial charge in [0, 0.05) is 32.5 Å². The number of aliphatic hydroxyl groups excluding tert-OH is 1. The van der Waals surface area contributed by atoms with Gasteiger partial charge in [-0.2, -0.15) is 15.0 Å². The molecule has 3 aromatic rings. The molecule has 142 valence electrons. The molecule has 0 bridgehead atoms. The molecule has 27 heavy (non-hydrogen) atoms. The number of β-amino-alcohol motifs (C(OH)–C–C–N with tert-alkyl or cyclic N) is 1. The van der Waals surface area contributed by atoms with E-state index in [9.17, 15) is 9.90 Å². The number of fused-ring (bicyclic) bond motifs is 1. The molecule has 4 rings (SSSR count). The first-order chi connectivity index (χ1) is 13.0. The number of hydrogen-bond acceptors (Lipinski definition) is 6. The molecule has 1 aromatic carbocycles. The Hall–Kier alpha value is -2.78. The van der Waals surface area contributed by atoms with E-state index in [0.717, 1.165) is 16.9 Å². The Morgan fingerprint density at radius 3 is 2.59 bits per heavy atom. The third-order valence-electron chi connectivity index (χ3n) is 5.09. The summed E-state index contributed by atoms with van der Waals surface area (Å²) in [4.78, 5) is 22.1. The molecule has 1 saturated heterocycles. The van der Waals surface area contributed by atoms with Crippen molar-refractivity contribution in [3.8, 4) is 0 Å². The first kappa shape index (κ1) is 17.6. The van der Waals surface area contributed by atoms with Crippen molar-refractivity contribution in [3.63, 3.8) is 0 Å². The number of hydrogen-bond donors (Lipinski definition) is 1. The number of amides is 1. The molecule has 0 radical (unpaired) electrons. The monoisotopic (exact) mass is 369 g/mol. The van der Waals surface area contributed by atoms with E-state index in [0.29, 0.717) is 19.6 Å². The average Bonchev–Trinajstić information content (AvgIpc) is 3.33. The van der Waals surface area contributed by atoms with Crippen molar-refractivity contribution < 1.29 is 9.90 Å². The number of likely N-dealkylation sites (N-methyl/N-ethyl adjacent to an activating group) is 1. The van der Waals surface area contributed by atoms with Gasteiger partial charge in [-0.15, -0.1) is 0 Å². The van der Waals surface area contributed by atoms with Crippen molar-refractivity contribution in [1.82, 2.24) is 34.3 Å². The minimum Gasteiger partial charge on any atom is -0.390 e. The van der Waals surface area contributed by atoms with E-state index < -0.39 is 6.10 Å². The van der Waals surface area contributed by atoms with Crippen LogP contribution in [0.25, 0.3) is 11.0 Å². The van der Waals surface area contributed by atoms with Crippen LogP contribution in [0.4, 0.5) is 0 Å².